The molecule has 0 aromatic carbocycles. The maximum atomic E-state index is 11.1. The lowest BCUT2D eigenvalue weighted by Gasteiger charge is -2.29. The zero-order valence-corrected chi connectivity index (χ0v) is 7.29. The minimum absolute atomic E-state index is 0.255. The Balaban J connectivity index is 2.95. The van der Waals surface area contributed by atoms with Crippen molar-refractivity contribution in [2.24, 2.45) is 0 Å². The van der Waals surface area contributed by atoms with Crippen LogP contribution in [0.15, 0.2) is 11.6 Å². The summed E-state index contributed by atoms with van der Waals surface area (Å²) in [5, 5.41) is 6.70. The smallest absolute Gasteiger partial charge is 0.348 e. The maximum Gasteiger partial charge on any atom is 0.348 e. The molecular formula is C8H9NO4. The Morgan fingerprint density at radius 2 is 1.69 bits per heavy atom. The summed E-state index contributed by atoms with van der Waals surface area (Å²) in [5.74, 6) is -2.73. The lowest BCUT2D eigenvalue weighted by molar-refractivity contribution is -0.222. The third-order valence-corrected chi connectivity index (χ3v) is 1.37. The highest BCUT2D eigenvalue weighted by Gasteiger charge is 2.38. The van der Waals surface area contributed by atoms with E-state index >= 15 is 0 Å². The van der Waals surface area contributed by atoms with Gasteiger partial charge in [-0.15, -0.1) is 0 Å². The predicted octanol–water partition coefficient (Wildman–Crippen LogP) is 0.398. The van der Waals surface area contributed by atoms with E-state index < -0.39 is 17.7 Å². The van der Waals surface area contributed by atoms with Gasteiger partial charge < -0.3 is 14.9 Å². The molecule has 1 N–H and O–H groups in total. The lowest BCUT2D eigenvalue weighted by atomic mass is 10.2. The number of nitrogens with one attached hydrogen (secondary N) is 1. The van der Waals surface area contributed by atoms with Crippen molar-refractivity contribution in [3.8, 4) is 0 Å². The van der Waals surface area contributed by atoms with Gasteiger partial charge in [0.15, 0.2) is 0 Å². The summed E-state index contributed by atoms with van der Waals surface area (Å²) in [6, 6.07) is 0. The number of rotatable bonds is 1. The summed E-state index contributed by atoms with van der Waals surface area (Å²) < 4.78 is 9.51. The third kappa shape index (κ3) is 1.93. The molecule has 1 aliphatic heterocycles. The van der Waals surface area contributed by atoms with Crippen LogP contribution < -0.4 is 0 Å². The largest absolute Gasteiger partial charge is 0.419 e. The number of allylic oxidation sites excluding steroid dienone is 1. The molecule has 0 amide bonds. The molecular weight excluding hydrogens is 174 g/mol. The SMILES string of the molecule is CC1(C)OC(=O)C(=CC=N)C(=O)O1. The Hall–Kier alpha value is -1.65. The molecule has 0 aromatic heterocycles. The van der Waals surface area contributed by atoms with Gasteiger partial charge in [-0.1, -0.05) is 0 Å². The quantitative estimate of drug-likeness (QED) is 0.276. The molecule has 1 aliphatic rings. The molecule has 0 radical (unpaired) electrons. The fraction of sp³-hybridized carbons (Fsp3) is 0.375. The highest BCUT2D eigenvalue weighted by Crippen LogP contribution is 2.21. The van der Waals surface area contributed by atoms with Crippen LogP contribution in [0.3, 0.4) is 0 Å². The van der Waals surface area contributed by atoms with Crippen LogP contribution in [0.5, 0.6) is 0 Å². The molecule has 5 nitrogen and oxygen atoms in total. The first-order valence-electron chi connectivity index (χ1n) is 3.64. The molecule has 0 atom stereocenters. The van der Waals surface area contributed by atoms with Crippen molar-refractivity contribution in [3.05, 3.63) is 11.6 Å². The molecule has 0 bridgehead atoms. The van der Waals surface area contributed by atoms with Gasteiger partial charge in [0.2, 0.25) is 0 Å². The number of hydrogen-bond donors (Lipinski definition) is 1. The van der Waals surface area contributed by atoms with Crippen molar-refractivity contribution in [2.75, 3.05) is 0 Å². The van der Waals surface area contributed by atoms with Gasteiger partial charge in [-0.3, -0.25) is 0 Å². The van der Waals surface area contributed by atoms with E-state index in [-0.39, 0.29) is 5.57 Å². The van der Waals surface area contributed by atoms with Gasteiger partial charge >= 0.3 is 11.9 Å². The second kappa shape index (κ2) is 3.01. The Bertz CT molecular complexity index is 281. The van der Waals surface area contributed by atoms with Crippen LogP contribution in [0.4, 0.5) is 0 Å². The Labute approximate surface area is 74.8 Å². The minimum atomic E-state index is -1.21. The average molecular weight is 183 g/mol. The molecule has 5 heteroatoms. The zero-order valence-electron chi connectivity index (χ0n) is 7.29. The van der Waals surface area contributed by atoms with Crippen molar-refractivity contribution in [2.45, 2.75) is 19.6 Å². The Morgan fingerprint density at radius 1 is 1.23 bits per heavy atom. The van der Waals surface area contributed by atoms with Gasteiger partial charge in [-0.2, -0.15) is 0 Å². The van der Waals surface area contributed by atoms with Crippen LogP contribution in [-0.4, -0.2) is 23.9 Å². The standard InChI is InChI=1S/C8H9NO4/c1-8(2)12-6(10)5(3-4-9)7(11)13-8/h3-4,9H,1-2H3. The van der Waals surface area contributed by atoms with Gasteiger partial charge in [-0.25, -0.2) is 9.59 Å². The predicted molar refractivity (Wildman–Crippen MR) is 43.1 cm³/mol. The van der Waals surface area contributed by atoms with Crippen LogP contribution in [0, 0.1) is 5.41 Å². The number of cyclic esters (lactones) is 2. The van der Waals surface area contributed by atoms with Crippen LogP contribution in [0.25, 0.3) is 0 Å². The summed E-state index contributed by atoms with van der Waals surface area (Å²) in [5.41, 5.74) is -0.255. The highest BCUT2D eigenvalue weighted by atomic mass is 16.7. The van der Waals surface area contributed by atoms with E-state index in [4.69, 9.17) is 14.9 Å². The van der Waals surface area contributed by atoms with Gasteiger partial charge in [0, 0.05) is 20.1 Å². The Kier molecular flexibility index (Phi) is 2.18. The van der Waals surface area contributed by atoms with Crippen molar-refractivity contribution in [3.63, 3.8) is 0 Å². The van der Waals surface area contributed by atoms with E-state index in [1.807, 2.05) is 0 Å². The molecule has 1 heterocycles. The fourth-order valence-corrected chi connectivity index (χ4v) is 0.880. The van der Waals surface area contributed by atoms with Crippen molar-refractivity contribution < 1.29 is 19.1 Å². The normalized spacial score (nSPS) is 20.3. The molecule has 0 saturated carbocycles. The van der Waals surface area contributed by atoms with E-state index in [1.54, 1.807) is 0 Å². The molecule has 1 fully saturated rings. The van der Waals surface area contributed by atoms with Crippen LogP contribution in [-0.2, 0) is 19.1 Å². The summed E-state index contributed by atoms with van der Waals surface area (Å²) in [7, 11) is 0. The Morgan fingerprint density at radius 3 is 2.08 bits per heavy atom. The first kappa shape index (κ1) is 9.44. The monoisotopic (exact) mass is 183 g/mol. The molecule has 70 valence electrons. The second-order valence-electron chi connectivity index (χ2n) is 2.93. The van der Waals surface area contributed by atoms with Crippen LogP contribution >= 0.6 is 0 Å². The molecule has 13 heavy (non-hydrogen) atoms. The van der Waals surface area contributed by atoms with E-state index in [0.29, 0.717) is 0 Å². The van der Waals surface area contributed by atoms with E-state index in [0.717, 1.165) is 12.3 Å². The molecule has 0 aliphatic carbocycles. The molecule has 1 rings (SSSR count). The van der Waals surface area contributed by atoms with Gasteiger partial charge in [0.25, 0.3) is 5.79 Å². The molecule has 0 unspecified atom stereocenters. The highest BCUT2D eigenvalue weighted by molar-refractivity contribution is 6.17. The maximum absolute atomic E-state index is 11.1. The zero-order chi connectivity index (χ0) is 10.1. The summed E-state index contributed by atoms with van der Waals surface area (Å²) >= 11 is 0. The summed E-state index contributed by atoms with van der Waals surface area (Å²) in [4.78, 5) is 22.2. The van der Waals surface area contributed by atoms with Gasteiger partial charge in [0.05, 0.1) is 0 Å². The lowest BCUT2D eigenvalue weighted by Crippen LogP contribution is -2.41. The topological polar surface area (TPSA) is 76.5 Å². The van der Waals surface area contributed by atoms with Crippen LogP contribution in [0.2, 0.25) is 0 Å². The first-order valence-corrected chi connectivity index (χ1v) is 3.64. The number of carbonyl (C=O) groups excluding carboxylic acids is 2. The minimum Gasteiger partial charge on any atom is -0.419 e. The van der Waals surface area contributed by atoms with Crippen LogP contribution in [0.1, 0.15) is 13.8 Å². The van der Waals surface area contributed by atoms with Crippen molar-refractivity contribution in [1.29, 1.82) is 5.41 Å². The number of carbonyl (C=O) groups is 2. The number of hydrogen-bond acceptors (Lipinski definition) is 5. The number of esters is 2. The van der Waals surface area contributed by atoms with Crippen molar-refractivity contribution in [1.82, 2.24) is 0 Å². The second-order valence-corrected chi connectivity index (χ2v) is 2.93. The summed E-state index contributed by atoms with van der Waals surface area (Å²) in [6.45, 7) is 2.92. The van der Waals surface area contributed by atoms with Gasteiger partial charge in [0.1, 0.15) is 5.57 Å². The molecule has 1 saturated heterocycles. The average Bonchev–Trinajstić information content (AvgIpc) is 1.94. The molecule has 0 aromatic rings. The van der Waals surface area contributed by atoms with E-state index in [9.17, 15) is 9.59 Å². The van der Waals surface area contributed by atoms with Crippen molar-refractivity contribution >= 4 is 18.2 Å². The fourth-order valence-electron chi connectivity index (χ4n) is 0.880. The third-order valence-electron chi connectivity index (χ3n) is 1.37. The number of ether oxygens (including phenoxy) is 2. The van der Waals surface area contributed by atoms with E-state index in [1.165, 1.54) is 13.8 Å². The van der Waals surface area contributed by atoms with E-state index in [2.05, 4.69) is 0 Å². The summed E-state index contributed by atoms with van der Waals surface area (Å²) in [6.07, 6.45) is 1.87. The molecule has 0 spiro atoms. The van der Waals surface area contributed by atoms with Gasteiger partial charge in [-0.05, 0) is 6.08 Å². The first-order chi connectivity index (χ1) is 5.96.